The van der Waals surface area contributed by atoms with Crippen molar-refractivity contribution in [2.45, 2.75) is 39.5 Å². The summed E-state index contributed by atoms with van der Waals surface area (Å²) in [6.07, 6.45) is 2.65. The lowest BCUT2D eigenvalue weighted by Crippen LogP contribution is -2.12. The van der Waals surface area contributed by atoms with E-state index in [9.17, 15) is 19.5 Å². The number of allylic oxidation sites excluding steroid dienone is 1. The molecule has 3 N–H and O–H groups in total. The van der Waals surface area contributed by atoms with Crippen molar-refractivity contribution >= 4 is 7.60 Å². The van der Waals surface area contributed by atoms with E-state index in [1.165, 1.54) is 0 Å². The summed E-state index contributed by atoms with van der Waals surface area (Å²) in [6, 6.07) is 0. The highest BCUT2D eigenvalue weighted by atomic mass is 31.2. The van der Waals surface area contributed by atoms with Crippen LogP contribution in [-0.4, -0.2) is 21.5 Å². The molecule has 0 saturated heterocycles. The van der Waals surface area contributed by atoms with Gasteiger partial charge in [-0.25, -0.2) is 0 Å². The van der Waals surface area contributed by atoms with Crippen molar-refractivity contribution in [3.63, 3.8) is 0 Å². The minimum Gasteiger partial charge on any atom is -0.395 e. The minimum absolute atomic E-state index is 0.000324. The smallest absolute Gasteiger partial charge is 0.352 e. The predicted octanol–water partition coefficient (Wildman–Crippen LogP) is 2.01. The molecule has 1 saturated carbocycles. The van der Waals surface area contributed by atoms with Gasteiger partial charge in [0, 0.05) is 10.7 Å². The summed E-state index contributed by atoms with van der Waals surface area (Å²) in [5, 5.41) is 9.51. The van der Waals surface area contributed by atoms with E-state index in [1.54, 1.807) is 6.92 Å². The molecule has 1 fully saturated rings. The molecule has 1 aliphatic rings. The first kappa shape index (κ1) is 12.9. The van der Waals surface area contributed by atoms with E-state index in [2.05, 4.69) is 0 Å². The Labute approximate surface area is 90.2 Å². The van der Waals surface area contributed by atoms with Gasteiger partial charge in [0.05, 0.1) is 6.61 Å². The molecular formula is C10H19O4P. The minimum atomic E-state index is -4.15. The Morgan fingerprint density at radius 1 is 1.27 bits per heavy atom. The number of hydrogen-bond donors (Lipinski definition) is 3. The second-order valence-electron chi connectivity index (χ2n) is 4.11. The number of aliphatic hydroxyl groups is 1. The molecule has 0 atom stereocenters. The van der Waals surface area contributed by atoms with Gasteiger partial charge in [0.25, 0.3) is 0 Å². The maximum absolute atomic E-state index is 11.3. The average Bonchev–Trinajstić information content (AvgIpc) is 2.92. The zero-order valence-electron chi connectivity index (χ0n) is 9.23. The van der Waals surface area contributed by atoms with Crippen LogP contribution in [0.2, 0.25) is 0 Å². The molecule has 1 aliphatic carbocycles. The number of aliphatic hydroxyl groups excluding tert-OH is 1. The zero-order valence-corrected chi connectivity index (χ0v) is 10.1. The van der Waals surface area contributed by atoms with Gasteiger partial charge < -0.3 is 14.9 Å². The fourth-order valence-electron chi connectivity index (χ4n) is 2.19. The third-order valence-corrected chi connectivity index (χ3v) is 4.47. The summed E-state index contributed by atoms with van der Waals surface area (Å²) in [4.78, 5) is 18.5. The van der Waals surface area contributed by atoms with E-state index in [4.69, 9.17) is 0 Å². The van der Waals surface area contributed by atoms with E-state index in [0.29, 0.717) is 12.8 Å². The highest BCUT2D eigenvalue weighted by molar-refractivity contribution is 7.56. The second kappa shape index (κ2) is 4.38. The normalized spacial score (nSPS) is 21.1. The predicted molar refractivity (Wildman–Crippen MR) is 58.4 cm³/mol. The third kappa shape index (κ3) is 2.51. The van der Waals surface area contributed by atoms with E-state index in [-0.39, 0.29) is 17.3 Å². The van der Waals surface area contributed by atoms with Crippen molar-refractivity contribution in [2.75, 3.05) is 6.61 Å². The summed E-state index contributed by atoms with van der Waals surface area (Å²) in [5.41, 5.74) is 0.460. The second-order valence-corrected chi connectivity index (χ2v) is 5.74. The first-order chi connectivity index (χ1) is 6.91. The summed E-state index contributed by atoms with van der Waals surface area (Å²) in [5.74, 6) is 0. The molecule has 0 aliphatic heterocycles. The molecule has 5 heteroatoms. The highest BCUT2D eigenvalue weighted by Gasteiger charge is 2.47. The van der Waals surface area contributed by atoms with E-state index < -0.39 is 7.60 Å². The zero-order chi connectivity index (χ0) is 11.7. The molecule has 0 bridgehead atoms. The van der Waals surface area contributed by atoms with Crippen LogP contribution in [-0.2, 0) is 4.57 Å². The summed E-state index contributed by atoms with van der Waals surface area (Å²) < 4.78 is 11.3. The average molecular weight is 234 g/mol. The number of rotatable bonds is 5. The van der Waals surface area contributed by atoms with Crippen molar-refractivity contribution in [3.05, 3.63) is 10.9 Å². The molecule has 0 aromatic heterocycles. The molecule has 0 amide bonds. The topological polar surface area (TPSA) is 77.8 Å². The van der Waals surface area contributed by atoms with Crippen LogP contribution in [0.1, 0.15) is 39.5 Å². The summed E-state index contributed by atoms with van der Waals surface area (Å²) >= 11 is 0. The standard InChI is InChI=1S/C10H19O4P/c1-3-8(10(7-11)5-6-10)9(4-2)15(12,13)14/h11H,3-7H2,1-2H3,(H2,12,13,14). The van der Waals surface area contributed by atoms with E-state index >= 15 is 0 Å². The van der Waals surface area contributed by atoms with Gasteiger partial charge in [-0.1, -0.05) is 19.4 Å². The lowest BCUT2D eigenvalue weighted by Gasteiger charge is -2.21. The van der Waals surface area contributed by atoms with Gasteiger partial charge in [-0.05, 0) is 25.7 Å². The van der Waals surface area contributed by atoms with Gasteiger partial charge in [-0.3, -0.25) is 4.57 Å². The fourth-order valence-corrected chi connectivity index (χ4v) is 3.35. The van der Waals surface area contributed by atoms with Gasteiger partial charge >= 0.3 is 7.60 Å². The molecule has 0 spiro atoms. The maximum Gasteiger partial charge on any atom is 0.352 e. The van der Waals surface area contributed by atoms with Crippen molar-refractivity contribution in [1.29, 1.82) is 0 Å². The monoisotopic (exact) mass is 234 g/mol. The molecule has 0 unspecified atom stereocenters. The van der Waals surface area contributed by atoms with Gasteiger partial charge in [0.1, 0.15) is 0 Å². The van der Waals surface area contributed by atoms with Crippen LogP contribution in [0.15, 0.2) is 10.9 Å². The van der Waals surface area contributed by atoms with E-state index in [1.807, 2.05) is 6.92 Å². The van der Waals surface area contributed by atoms with Gasteiger partial charge in [-0.15, -0.1) is 0 Å². The lowest BCUT2D eigenvalue weighted by atomic mass is 9.93. The molecule has 88 valence electrons. The first-order valence-electron chi connectivity index (χ1n) is 5.30. The van der Waals surface area contributed by atoms with Crippen LogP contribution in [0.3, 0.4) is 0 Å². The van der Waals surface area contributed by atoms with E-state index in [0.717, 1.165) is 18.4 Å². The largest absolute Gasteiger partial charge is 0.395 e. The molecule has 0 aromatic rings. The third-order valence-electron chi connectivity index (χ3n) is 3.18. The molecule has 0 aromatic carbocycles. The van der Waals surface area contributed by atoms with Gasteiger partial charge in [0.15, 0.2) is 0 Å². The van der Waals surface area contributed by atoms with Crippen molar-refractivity contribution in [2.24, 2.45) is 5.41 Å². The Kier molecular flexibility index (Phi) is 3.77. The molecule has 15 heavy (non-hydrogen) atoms. The Morgan fingerprint density at radius 2 is 1.80 bits per heavy atom. The Bertz CT molecular complexity index is 311. The maximum atomic E-state index is 11.3. The van der Waals surface area contributed by atoms with Crippen LogP contribution >= 0.6 is 7.60 Å². The lowest BCUT2D eigenvalue weighted by molar-refractivity contribution is 0.231. The summed E-state index contributed by atoms with van der Waals surface area (Å²) in [6.45, 7) is 3.63. The molecular weight excluding hydrogens is 215 g/mol. The Hall–Kier alpha value is -0.150. The fraction of sp³-hybridized carbons (Fsp3) is 0.800. The first-order valence-corrected chi connectivity index (χ1v) is 6.92. The van der Waals surface area contributed by atoms with Gasteiger partial charge in [0.2, 0.25) is 0 Å². The van der Waals surface area contributed by atoms with Crippen molar-refractivity contribution in [1.82, 2.24) is 0 Å². The summed E-state index contributed by atoms with van der Waals surface area (Å²) in [7, 11) is -4.15. The SMILES string of the molecule is CCC(=C(CC)P(=O)(O)O)C1(CO)CC1. The van der Waals surface area contributed by atoms with Crippen molar-refractivity contribution < 1.29 is 19.5 Å². The molecule has 0 radical (unpaired) electrons. The van der Waals surface area contributed by atoms with Crippen LogP contribution in [0.4, 0.5) is 0 Å². The van der Waals surface area contributed by atoms with Gasteiger partial charge in [-0.2, -0.15) is 0 Å². The molecule has 4 nitrogen and oxygen atoms in total. The quantitative estimate of drug-likeness (QED) is 0.636. The Morgan fingerprint density at radius 3 is 2.00 bits per heavy atom. The van der Waals surface area contributed by atoms with Crippen LogP contribution in [0, 0.1) is 5.41 Å². The van der Waals surface area contributed by atoms with Crippen LogP contribution in [0.5, 0.6) is 0 Å². The van der Waals surface area contributed by atoms with Crippen LogP contribution in [0.25, 0.3) is 0 Å². The Balaban J connectivity index is 3.16. The highest BCUT2D eigenvalue weighted by Crippen LogP contribution is 2.59. The molecule has 0 heterocycles. The van der Waals surface area contributed by atoms with Crippen LogP contribution < -0.4 is 0 Å². The number of hydrogen-bond acceptors (Lipinski definition) is 2. The molecule has 1 rings (SSSR count). The van der Waals surface area contributed by atoms with Crippen molar-refractivity contribution in [3.8, 4) is 0 Å².